The Hall–Kier alpha value is -1.88. The zero-order chi connectivity index (χ0) is 16.8. The number of hydrogen-bond acceptors (Lipinski definition) is 3. The van der Waals surface area contributed by atoms with E-state index in [2.05, 4.69) is 10.2 Å². The molecule has 1 unspecified atom stereocenters. The van der Waals surface area contributed by atoms with Gasteiger partial charge in [0.1, 0.15) is 0 Å². The Morgan fingerprint density at radius 2 is 1.79 bits per heavy atom. The maximum absolute atomic E-state index is 12.3. The Kier molecular flexibility index (Phi) is 5.86. The van der Waals surface area contributed by atoms with Gasteiger partial charge in [0, 0.05) is 25.2 Å². The molecule has 5 nitrogen and oxygen atoms in total. The van der Waals surface area contributed by atoms with E-state index in [9.17, 15) is 9.59 Å². The lowest BCUT2D eigenvalue weighted by Crippen LogP contribution is -2.40. The van der Waals surface area contributed by atoms with Crippen molar-refractivity contribution in [2.45, 2.75) is 25.7 Å². The van der Waals surface area contributed by atoms with E-state index in [0.29, 0.717) is 11.5 Å². The van der Waals surface area contributed by atoms with Crippen LogP contribution in [0.25, 0.3) is 0 Å². The summed E-state index contributed by atoms with van der Waals surface area (Å²) < 4.78 is 0. The number of piperidine rings is 1. The first-order valence-corrected chi connectivity index (χ1v) is 9.06. The summed E-state index contributed by atoms with van der Waals surface area (Å²) in [5.74, 6) is 0.422. The molecule has 1 aromatic carbocycles. The SMILES string of the molecule is O=C(NCC(=O)N1CCC(CN2CCCCC2)C1)c1ccccc1. The van der Waals surface area contributed by atoms with Crippen molar-refractivity contribution in [3.05, 3.63) is 35.9 Å². The number of likely N-dealkylation sites (tertiary alicyclic amines) is 2. The largest absolute Gasteiger partial charge is 0.343 e. The Balaban J connectivity index is 1.40. The molecule has 0 saturated carbocycles. The number of carbonyl (C=O) groups excluding carboxylic acids is 2. The Morgan fingerprint density at radius 3 is 2.54 bits per heavy atom. The fraction of sp³-hybridized carbons (Fsp3) is 0.579. The van der Waals surface area contributed by atoms with Crippen molar-refractivity contribution < 1.29 is 9.59 Å². The van der Waals surface area contributed by atoms with Gasteiger partial charge in [0.15, 0.2) is 0 Å². The molecular formula is C19H27N3O2. The number of amides is 2. The molecule has 130 valence electrons. The molecule has 0 aliphatic carbocycles. The number of benzene rings is 1. The smallest absolute Gasteiger partial charge is 0.251 e. The van der Waals surface area contributed by atoms with E-state index in [1.807, 2.05) is 23.1 Å². The lowest BCUT2D eigenvalue weighted by molar-refractivity contribution is -0.129. The Morgan fingerprint density at radius 1 is 1.04 bits per heavy atom. The second kappa shape index (κ2) is 8.29. The van der Waals surface area contributed by atoms with E-state index in [1.54, 1.807) is 12.1 Å². The Bertz CT molecular complexity index is 555. The van der Waals surface area contributed by atoms with Crippen LogP contribution in [-0.2, 0) is 4.79 Å². The van der Waals surface area contributed by atoms with Gasteiger partial charge in [-0.15, -0.1) is 0 Å². The second-order valence-electron chi connectivity index (χ2n) is 6.90. The standard InChI is InChI=1S/C19H27N3O2/c23-18(13-20-19(24)17-7-3-1-4-8-17)22-12-9-16(15-22)14-21-10-5-2-6-11-21/h1,3-4,7-8,16H,2,5-6,9-15H2,(H,20,24). The van der Waals surface area contributed by atoms with Crippen molar-refractivity contribution >= 4 is 11.8 Å². The molecule has 0 radical (unpaired) electrons. The molecule has 0 aromatic heterocycles. The predicted octanol–water partition coefficient (Wildman–Crippen LogP) is 1.75. The summed E-state index contributed by atoms with van der Waals surface area (Å²) in [6.45, 7) is 5.26. The van der Waals surface area contributed by atoms with E-state index in [-0.39, 0.29) is 18.4 Å². The highest BCUT2D eigenvalue weighted by Crippen LogP contribution is 2.19. The van der Waals surface area contributed by atoms with Gasteiger partial charge in [-0.2, -0.15) is 0 Å². The van der Waals surface area contributed by atoms with Crippen LogP contribution in [0.2, 0.25) is 0 Å². The average Bonchev–Trinajstić information content (AvgIpc) is 3.09. The summed E-state index contributed by atoms with van der Waals surface area (Å²) in [5.41, 5.74) is 0.592. The van der Waals surface area contributed by atoms with Crippen LogP contribution >= 0.6 is 0 Å². The van der Waals surface area contributed by atoms with E-state index in [0.717, 1.165) is 26.1 Å². The second-order valence-corrected chi connectivity index (χ2v) is 6.90. The molecule has 2 aliphatic heterocycles. The van der Waals surface area contributed by atoms with Crippen molar-refractivity contribution in [1.29, 1.82) is 0 Å². The van der Waals surface area contributed by atoms with Crippen molar-refractivity contribution in [1.82, 2.24) is 15.1 Å². The third-order valence-electron chi connectivity index (χ3n) is 5.04. The number of rotatable bonds is 5. The molecular weight excluding hydrogens is 302 g/mol. The number of nitrogens with zero attached hydrogens (tertiary/aromatic N) is 2. The number of carbonyl (C=O) groups is 2. The fourth-order valence-electron chi connectivity index (χ4n) is 3.67. The highest BCUT2D eigenvalue weighted by Gasteiger charge is 2.28. The van der Waals surface area contributed by atoms with E-state index in [1.165, 1.54) is 32.4 Å². The van der Waals surface area contributed by atoms with Crippen molar-refractivity contribution in [3.63, 3.8) is 0 Å². The van der Waals surface area contributed by atoms with Gasteiger partial charge in [-0.25, -0.2) is 0 Å². The molecule has 1 atom stereocenters. The first kappa shape index (κ1) is 17.0. The third kappa shape index (κ3) is 4.57. The molecule has 2 heterocycles. The first-order chi connectivity index (χ1) is 11.7. The van der Waals surface area contributed by atoms with E-state index >= 15 is 0 Å². The summed E-state index contributed by atoms with van der Waals surface area (Å²) in [6.07, 6.45) is 5.05. The predicted molar refractivity (Wildman–Crippen MR) is 93.8 cm³/mol. The Labute approximate surface area is 144 Å². The van der Waals surface area contributed by atoms with Crippen LogP contribution in [0.1, 0.15) is 36.0 Å². The summed E-state index contributed by atoms with van der Waals surface area (Å²) >= 11 is 0. The molecule has 3 rings (SSSR count). The van der Waals surface area contributed by atoms with Gasteiger partial charge in [0.25, 0.3) is 5.91 Å². The first-order valence-electron chi connectivity index (χ1n) is 9.06. The van der Waals surface area contributed by atoms with Crippen molar-refractivity contribution in [2.75, 3.05) is 39.3 Å². The number of nitrogens with one attached hydrogen (secondary N) is 1. The fourth-order valence-corrected chi connectivity index (χ4v) is 3.67. The summed E-state index contributed by atoms with van der Waals surface area (Å²) in [4.78, 5) is 28.8. The highest BCUT2D eigenvalue weighted by atomic mass is 16.2. The maximum Gasteiger partial charge on any atom is 0.251 e. The molecule has 2 fully saturated rings. The van der Waals surface area contributed by atoms with Crippen LogP contribution in [0, 0.1) is 5.92 Å². The summed E-state index contributed by atoms with van der Waals surface area (Å²) in [5, 5.41) is 2.73. The monoisotopic (exact) mass is 329 g/mol. The molecule has 1 aromatic rings. The highest BCUT2D eigenvalue weighted by molar-refractivity contribution is 5.96. The van der Waals surface area contributed by atoms with Crippen LogP contribution in [0.3, 0.4) is 0 Å². The van der Waals surface area contributed by atoms with Gasteiger partial charge in [-0.05, 0) is 50.4 Å². The maximum atomic E-state index is 12.3. The molecule has 24 heavy (non-hydrogen) atoms. The van der Waals surface area contributed by atoms with Crippen LogP contribution in [-0.4, -0.2) is 60.9 Å². The van der Waals surface area contributed by atoms with E-state index in [4.69, 9.17) is 0 Å². The van der Waals surface area contributed by atoms with Gasteiger partial charge in [0.2, 0.25) is 5.91 Å². The van der Waals surface area contributed by atoms with Crippen LogP contribution in [0.15, 0.2) is 30.3 Å². The van der Waals surface area contributed by atoms with Gasteiger partial charge in [-0.1, -0.05) is 24.6 Å². The van der Waals surface area contributed by atoms with Crippen molar-refractivity contribution in [3.8, 4) is 0 Å². The molecule has 1 N–H and O–H groups in total. The van der Waals surface area contributed by atoms with Crippen LogP contribution in [0.5, 0.6) is 0 Å². The molecule has 2 saturated heterocycles. The average molecular weight is 329 g/mol. The summed E-state index contributed by atoms with van der Waals surface area (Å²) in [6, 6.07) is 9.02. The molecule has 2 aliphatic rings. The minimum atomic E-state index is -0.187. The normalized spacial score (nSPS) is 21.7. The van der Waals surface area contributed by atoms with Crippen LogP contribution < -0.4 is 5.32 Å². The summed E-state index contributed by atoms with van der Waals surface area (Å²) in [7, 11) is 0. The lowest BCUT2D eigenvalue weighted by atomic mass is 10.1. The van der Waals surface area contributed by atoms with Crippen molar-refractivity contribution in [2.24, 2.45) is 5.92 Å². The molecule has 0 bridgehead atoms. The zero-order valence-corrected chi connectivity index (χ0v) is 14.2. The zero-order valence-electron chi connectivity index (χ0n) is 14.2. The van der Waals surface area contributed by atoms with Gasteiger partial charge >= 0.3 is 0 Å². The number of hydrogen-bond donors (Lipinski definition) is 1. The topological polar surface area (TPSA) is 52.7 Å². The molecule has 5 heteroatoms. The minimum Gasteiger partial charge on any atom is -0.343 e. The quantitative estimate of drug-likeness (QED) is 0.895. The molecule has 2 amide bonds. The third-order valence-corrected chi connectivity index (χ3v) is 5.04. The van der Waals surface area contributed by atoms with E-state index < -0.39 is 0 Å². The van der Waals surface area contributed by atoms with Gasteiger partial charge < -0.3 is 15.1 Å². The van der Waals surface area contributed by atoms with Crippen LogP contribution in [0.4, 0.5) is 0 Å². The lowest BCUT2D eigenvalue weighted by Gasteiger charge is -2.29. The molecule has 0 spiro atoms. The van der Waals surface area contributed by atoms with Gasteiger partial charge in [0.05, 0.1) is 6.54 Å². The van der Waals surface area contributed by atoms with Gasteiger partial charge in [-0.3, -0.25) is 9.59 Å². The minimum absolute atomic E-state index is 0.0282.